The molecule has 0 aliphatic rings. The minimum atomic E-state index is -0.0677. The summed E-state index contributed by atoms with van der Waals surface area (Å²) in [6.45, 7) is 2.16. The number of hydrogen-bond donors (Lipinski definition) is 1. The molecule has 0 amide bonds. The Balaban J connectivity index is 2.36. The normalized spacial score (nSPS) is 10.6. The summed E-state index contributed by atoms with van der Waals surface area (Å²) in [5.74, 6) is 0. The molecule has 0 saturated heterocycles. The van der Waals surface area contributed by atoms with Crippen molar-refractivity contribution in [3.63, 3.8) is 0 Å². The van der Waals surface area contributed by atoms with Crippen molar-refractivity contribution in [2.75, 3.05) is 5.73 Å². The highest BCUT2D eigenvalue weighted by atomic mass is 127. The van der Waals surface area contributed by atoms with E-state index in [1.54, 1.807) is 6.92 Å². The summed E-state index contributed by atoms with van der Waals surface area (Å²) in [5.41, 5.74) is 6.13. The molecule has 0 aromatic carbocycles. The summed E-state index contributed by atoms with van der Waals surface area (Å²) in [5, 5.41) is 8.65. The van der Waals surface area contributed by atoms with Gasteiger partial charge in [0.05, 0.1) is 22.1 Å². The van der Waals surface area contributed by atoms with E-state index < -0.39 is 0 Å². The van der Waals surface area contributed by atoms with Crippen molar-refractivity contribution in [1.29, 1.82) is 0 Å². The van der Waals surface area contributed by atoms with Crippen molar-refractivity contribution >= 4 is 39.1 Å². The number of nitrogens with zero attached hydrogens (tertiary/aromatic N) is 4. The lowest BCUT2D eigenvalue weighted by atomic mass is 10.4. The summed E-state index contributed by atoms with van der Waals surface area (Å²) >= 11 is 3.26. The summed E-state index contributed by atoms with van der Waals surface area (Å²) < 4.78 is 2.12. The van der Waals surface area contributed by atoms with Gasteiger partial charge in [0.25, 0.3) is 5.56 Å². The van der Waals surface area contributed by atoms with Crippen LogP contribution in [0.5, 0.6) is 0 Å². The fraction of sp³-hybridized carbons (Fsp3) is 0.250. The number of nitrogens with two attached hydrogens (primary N) is 1. The van der Waals surface area contributed by atoms with Gasteiger partial charge in [-0.1, -0.05) is 11.3 Å². The Morgan fingerprint density at radius 2 is 2.31 bits per heavy atom. The van der Waals surface area contributed by atoms with Gasteiger partial charge >= 0.3 is 0 Å². The maximum Gasteiger partial charge on any atom is 0.267 e. The quantitative estimate of drug-likeness (QED) is 0.804. The van der Waals surface area contributed by atoms with Gasteiger partial charge in [-0.2, -0.15) is 0 Å². The predicted molar refractivity (Wildman–Crippen MR) is 69.4 cm³/mol. The van der Waals surface area contributed by atoms with Crippen molar-refractivity contribution in [3.8, 4) is 0 Å². The number of hydrogen-bond acceptors (Lipinski definition) is 6. The first-order valence-electron chi connectivity index (χ1n) is 4.37. The maximum absolute atomic E-state index is 11.8. The zero-order valence-corrected chi connectivity index (χ0v) is 11.3. The summed E-state index contributed by atoms with van der Waals surface area (Å²) in [7, 11) is 0. The average Bonchev–Trinajstić information content (AvgIpc) is 2.65. The van der Waals surface area contributed by atoms with Crippen LogP contribution in [0.25, 0.3) is 0 Å². The van der Waals surface area contributed by atoms with E-state index in [0.29, 0.717) is 20.3 Å². The van der Waals surface area contributed by atoms with Crippen LogP contribution >= 0.6 is 33.9 Å². The number of rotatable bonds is 2. The lowest BCUT2D eigenvalue weighted by molar-refractivity contribution is 0.712. The van der Waals surface area contributed by atoms with Gasteiger partial charge in [0.15, 0.2) is 0 Å². The van der Waals surface area contributed by atoms with E-state index in [4.69, 9.17) is 5.73 Å². The van der Waals surface area contributed by atoms with Gasteiger partial charge < -0.3 is 5.73 Å². The molecule has 0 radical (unpaired) electrons. The van der Waals surface area contributed by atoms with Gasteiger partial charge in [0.1, 0.15) is 5.01 Å². The standard InChI is InChI=1S/C8H8IN5OS/c1-4-6(9)7(15)14(3-11-4)2-5-12-13-8(10)16-5/h3H,2H2,1H3,(H2,10,13). The maximum atomic E-state index is 11.8. The number of halogens is 1. The third-order valence-corrected chi connectivity index (χ3v) is 3.92. The first-order valence-corrected chi connectivity index (χ1v) is 6.27. The van der Waals surface area contributed by atoms with Crippen LogP contribution in [0.4, 0.5) is 5.13 Å². The lowest BCUT2D eigenvalue weighted by Gasteiger charge is -2.03. The van der Waals surface area contributed by atoms with E-state index in [1.807, 2.05) is 22.6 Å². The van der Waals surface area contributed by atoms with Crippen LogP contribution < -0.4 is 11.3 Å². The molecule has 0 unspecified atom stereocenters. The lowest BCUT2D eigenvalue weighted by Crippen LogP contribution is -2.24. The predicted octanol–water partition coefficient (Wildman–Crippen LogP) is 0.638. The first kappa shape index (κ1) is 11.5. The second-order valence-corrected chi connectivity index (χ2v) is 5.28. The van der Waals surface area contributed by atoms with Gasteiger partial charge in [-0.05, 0) is 29.5 Å². The zero-order valence-electron chi connectivity index (χ0n) is 8.35. The van der Waals surface area contributed by atoms with Crippen molar-refractivity contribution in [2.24, 2.45) is 0 Å². The molecule has 0 bridgehead atoms. The third-order valence-electron chi connectivity index (χ3n) is 1.95. The molecule has 2 heterocycles. The summed E-state index contributed by atoms with van der Waals surface area (Å²) in [6.07, 6.45) is 1.51. The van der Waals surface area contributed by atoms with Crippen LogP contribution in [0.2, 0.25) is 0 Å². The van der Waals surface area contributed by atoms with E-state index >= 15 is 0 Å². The molecule has 0 spiro atoms. The number of aryl methyl sites for hydroxylation is 1. The number of nitrogen functional groups attached to an aromatic ring is 1. The molecule has 2 N–H and O–H groups in total. The highest BCUT2D eigenvalue weighted by Crippen LogP contribution is 2.11. The molecular weight excluding hydrogens is 341 g/mol. The minimum Gasteiger partial charge on any atom is -0.374 e. The van der Waals surface area contributed by atoms with Crippen LogP contribution in [-0.4, -0.2) is 19.7 Å². The fourth-order valence-corrected chi connectivity index (χ4v) is 2.19. The van der Waals surface area contributed by atoms with Gasteiger partial charge in [-0.15, -0.1) is 10.2 Å². The van der Waals surface area contributed by atoms with E-state index in [1.165, 1.54) is 22.2 Å². The Bertz CT molecular complexity index is 578. The second-order valence-electron chi connectivity index (χ2n) is 3.11. The summed E-state index contributed by atoms with van der Waals surface area (Å²) in [6, 6.07) is 0. The van der Waals surface area contributed by atoms with Crippen molar-refractivity contribution in [2.45, 2.75) is 13.5 Å². The zero-order chi connectivity index (χ0) is 11.7. The van der Waals surface area contributed by atoms with Crippen molar-refractivity contribution < 1.29 is 0 Å². The topological polar surface area (TPSA) is 86.7 Å². The van der Waals surface area contributed by atoms with Crippen LogP contribution in [0.3, 0.4) is 0 Å². The fourth-order valence-electron chi connectivity index (χ4n) is 1.14. The van der Waals surface area contributed by atoms with Crippen molar-refractivity contribution in [1.82, 2.24) is 19.7 Å². The Morgan fingerprint density at radius 3 is 2.94 bits per heavy atom. The molecule has 0 fully saturated rings. The van der Waals surface area contributed by atoms with Crippen LogP contribution in [-0.2, 0) is 6.54 Å². The molecular formula is C8H8IN5OS. The molecule has 6 nitrogen and oxygen atoms in total. The molecule has 84 valence electrons. The molecule has 2 aromatic heterocycles. The minimum absolute atomic E-state index is 0.0677. The molecule has 0 atom stereocenters. The van der Waals surface area contributed by atoms with Crippen LogP contribution in [0.15, 0.2) is 11.1 Å². The molecule has 2 rings (SSSR count). The third kappa shape index (κ3) is 2.21. The molecule has 8 heteroatoms. The van der Waals surface area contributed by atoms with Gasteiger partial charge in [0.2, 0.25) is 5.13 Å². The Kier molecular flexibility index (Phi) is 3.19. The van der Waals surface area contributed by atoms with Gasteiger partial charge in [-0.25, -0.2) is 4.98 Å². The highest BCUT2D eigenvalue weighted by Gasteiger charge is 2.08. The van der Waals surface area contributed by atoms with Crippen LogP contribution in [0.1, 0.15) is 10.7 Å². The van der Waals surface area contributed by atoms with E-state index in [2.05, 4.69) is 15.2 Å². The molecule has 0 saturated carbocycles. The monoisotopic (exact) mass is 349 g/mol. The molecule has 0 aliphatic heterocycles. The first-order chi connectivity index (χ1) is 7.58. The second kappa shape index (κ2) is 4.45. The molecule has 2 aromatic rings. The average molecular weight is 349 g/mol. The van der Waals surface area contributed by atoms with Crippen molar-refractivity contribution in [3.05, 3.63) is 31.0 Å². The number of aromatic nitrogens is 4. The van der Waals surface area contributed by atoms with Gasteiger partial charge in [0, 0.05) is 0 Å². The Labute approximate surface area is 109 Å². The molecule has 0 aliphatic carbocycles. The van der Waals surface area contributed by atoms with Gasteiger partial charge in [-0.3, -0.25) is 9.36 Å². The largest absolute Gasteiger partial charge is 0.374 e. The Morgan fingerprint density at radius 1 is 1.56 bits per heavy atom. The van der Waals surface area contributed by atoms with Crippen LogP contribution in [0, 0.1) is 10.5 Å². The smallest absolute Gasteiger partial charge is 0.267 e. The SMILES string of the molecule is Cc1ncn(Cc2nnc(N)s2)c(=O)c1I. The van der Waals surface area contributed by atoms with E-state index in [9.17, 15) is 4.79 Å². The molecule has 16 heavy (non-hydrogen) atoms. The Hall–Kier alpha value is -1.03. The highest BCUT2D eigenvalue weighted by molar-refractivity contribution is 14.1. The summed E-state index contributed by atoms with van der Waals surface area (Å²) in [4.78, 5) is 16.0. The van der Waals surface area contributed by atoms with E-state index in [0.717, 1.165) is 5.69 Å². The number of anilines is 1. The van der Waals surface area contributed by atoms with E-state index in [-0.39, 0.29) is 5.56 Å².